The van der Waals surface area contributed by atoms with E-state index in [2.05, 4.69) is 10.4 Å². The summed E-state index contributed by atoms with van der Waals surface area (Å²) in [5.41, 5.74) is 1.16. The fraction of sp³-hybridized carbons (Fsp3) is 0.154. The quantitative estimate of drug-likeness (QED) is 0.353. The lowest BCUT2D eigenvalue weighted by molar-refractivity contribution is -0.137. The van der Waals surface area contributed by atoms with Gasteiger partial charge in [-0.05, 0) is 17.2 Å². The maximum atomic E-state index is 13.5. The zero-order valence-corrected chi connectivity index (χ0v) is 19.0. The van der Waals surface area contributed by atoms with Crippen molar-refractivity contribution in [3.63, 3.8) is 0 Å². The van der Waals surface area contributed by atoms with Crippen molar-refractivity contribution in [3.8, 4) is 22.8 Å². The molecule has 0 saturated heterocycles. The number of aromatic nitrogens is 2. The molecular weight excluding hydrogens is 473 g/mol. The van der Waals surface area contributed by atoms with E-state index in [0.717, 1.165) is 23.3 Å². The van der Waals surface area contributed by atoms with Crippen molar-refractivity contribution in [2.75, 3.05) is 5.32 Å². The van der Waals surface area contributed by atoms with Crippen LogP contribution in [0.2, 0.25) is 0 Å². The number of nitrogens with zero attached hydrogens (tertiary/aromatic N) is 3. The van der Waals surface area contributed by atoms with Crippen LogP contribution in [0.3, 0.4) is 0 Å². The minimum Gasteiger partial charge on any atom is -0.508 e. The van der Waals surface area contributed by atoms with Gasteiger partial charge in [0.25, 0.3) is 5.91 Å². The van der Waals surface area contributed by atoms with Crippen molar-refractivity contribution in [3.05, 3.63) is 89.0 Å². The number of nitrogens with one attached hydrogen (secondary N) is 1. The number of benzene rings is 3. The van der Waals surface area contributed by atoms with Crippen molar-refractivity contribution < 1.29 is 28.2 Å². The fourth-order valence-corrected chi connectivity index (χ4v) is 4.38. The van der Waals surface area contributed by atoms with Crippen LogP contribution in [0.15, 0.2) is 66.7 Å². The van der Waals surface area contributed by atoms with Crippen LogP contribution in [0, 0.1) is 0 Å². The van der Waals surface area contributed by atoms with E-state index in [9.17, 15) is 28.2 Å². The van der Waals surface area contributed by atoms with Crippen LogP contribution in [-0.2, 0) is 26.3 Å². The molecule has 0 unspecified atom stereocenters. The van der Waals surface area contributed by atoms with Crippen LogP contribution in [0.25, 0.3) is 11.3 Å². The van der Waals surface area contributed by atoms with E-state index in [1.54, 1.807) is 4.90 Å². The molecule has 0 atom stereocenters. The highest BCUT2D eigenvalue weighted by atomic mass is 19.4. The van der Waals surface area contributed by atoms with E-state index in [0.29, 0.717) is 13.1 Å². The monoisotopic (exact) mass is 494 g/mol. The Balaban J connectivity index is 1.50. The van der Waals surface area contributed by atoms with Gasteiger partial charge < -0.3 is 20.4 Å². The van der Waals surface area contributed by atoms with Crippen molar-refractivity contribution >= 4 is 17.4 Å². The molecule has 0 bridgehead atoms. The van der Waals surface area contributed by atoms with Gasteiger partial charge in [-0.3, -0.25) is 9.48 Å². The van der Waals surface area contributed by atoms with E-state index in [1.165, 1.54) is 42.1 Å². The highest BCUT2D eigenvalue weighted by Gasteiger charge is 2.34. The lowest BCUT2D eigenvalue weighted by Gasteiger charge is -2.20. The molecule has 3 N–H and O–H groups in total. The summed E-state index contributed by atoms with van der Waals surface area (Å²) in [6.07, 6.45) is -4.56. The average molecular weight is 494 g/mol. The highest BCUT2D eigenvalue weighted by molar-refractivity contribution is 6.03. The van der Waals surface area contributed by atoms with Crippen LogP contribution >= 0.6 is 0 Å². The predicted octanol–water partition coefficient (Wildman–Crippen LogP) is 5.42. The normalized spacial score (nSPS) is 13.1. The lowest BCUT2D eigenvalue weighted by Crippen LogP contribution is -2.26. The second-order valence-electron chi connectivity index (χ2n) is 8.52. The topological polar surface area (TPSA) is 90.6 Å². The van der Waals surface area contributed by atoms with Gasteiger partial charge in [-0.25, -0.2) is 0 Å². The molecule has 2 heterocycles. The van der Waals surface area contributed by atoms with Gasteiger partial charge in [0.2, 0.25) is 0 Å². The molecule has 3 aromatic carbocycles. The Hall–Kier alpha value is -4.47. The third-order valence-electron chi connectivity index (χ3n) is 6.10. The van der Waals surface area contributed by atoms with Crippen molar-refractivity contribution in [2.24, 2.45) is 7.05 Å². The highest BCUT2D eigenvalue weighted by Crippen LogP contribution is 2.39. The first-order valence-electron chi connectivity index (χ1n) is 11.0. The molecule has 7 nitrogen and oxygen atoms in total. The van der Waals surface area contributed by atoms with Crippen LogP contribution in [0.4, 0.5) is 24.7 Å². The number of alkyl halides is 3. The maximum absolute atomic E-state index is 13.5. The van der Waals surface area contributed by atoms with Crippen LogP contribution < -0.4 is 5.32 Å². The Bertz CT molecular complexity index is 1450. The summed E-state index contributed by atoms with van der Waals surface area (Å²) in [7, 11) is 1.53. The van der Waals surface area contributed by atoms with E-state index in [1.807, 2.05) is 24.3 Å². The number of halogens is 3. The van der Waals surface area contributed by atoms with Crippen LogP contribution in [0.1, 0.15) is 27.0 Å². The first-order chi connectivity index (χ1) is 17.1. The van der Waals surface area contributed by atoms with Gasteiger partial charge in [0.05, 0.1) is 16.9 Å². The molecule has 1 amide bonds. The largest absolute Gasteiger partial charge is 0.508 e. The second-order valence-corrected chi connectivity index (χ2v) is 8.52. The number of amides is 1. The SMILES string of the molecule is Cn1nc(-c2ccccc2C(F)(F)F)cc1Nc1cc(O)cc(O)c1C(=O)N1Cc2ccccc2C1. The van der Waals surface area contributed by atoms with E-state index >= 15 is 0 Å². The zero-order valence-electron chi connectivity index (χ0n) is 19.0. The third-order valence-corrected chi connectivity index (χ3v) is 6.10. The summed E-state index contributed by atoms with van der Waals surface area (Å²) in [5, 5.41) is 27.8. The summed E-state index contributed by atoms with van der Waals surface area (Å²) in [6, 6.07) is 16.5. The Kier molecular flexibility index (Phi) is 5.58. The number of aromatic hydroxyl groups is 2. The van der Waals surface area contributed by atoms with Crippen LogP contribution in [0.5, 0.6) is 11.5 Å². The second kappa shape index (κ2) is 8.63. The maximum Gasteiger partial charge on any atom is 0.417 e. The molecule has 1 aliphatic heterocycles. The molecule has 0 radical (unpaired) electrons. The summed E-state index contributed by atoms with van der Waals surface area (Å²) < 4.78 is 41.9. The van der Waals surface area contributed by atoms with Gasteiger partial charge in [-0.15, -0.1) is 0 Å². The zero-order chi connectivity index (χ0) is 25.6. The summed E-state index contributed by atoms with van der Waals surface area (Å²) in [6.45, 7) is 0.720. The van der Waals surface area contributed by atoms with Crippen molar-refractivity contribution in [1.82, 2.24) is 14.7 Å². The summed E-state index contributed by atoms with van der Waals surface area (Å²) in [4.78, 5) is 15.0. The number of fused-ring (bicyclic) bond motifs is 1. The molecule has 1 aliphatic rings. The number of phenolic OH excluding ortho intramolecular Hbond substituents is 2. The Morgan fingerprint density at radius 3 is 2.28 bits per heavy atom. The van der Waals surface area contributed by atoms with Crippen LogP contribution in [-0.4, -0.2) is 30.8 Å². The molecule has 0 spiro atoms. The average Bonchev–Trinajstić information content (AvgIpc) is 3.41. The fourth-order valence-electron chi connectivity index (χ4n) is 4.38. The summed E-state index contributed by atoms with van der Waals surface area (Å²) in [5.74, 6) is -0.925. The van der Waals surface area contributed by atoms with Gasteiger partial charge in [-0.2, -0.15) is 18.3 Å². The van der Waals surface area contributed by atoms with Gasteiger partial charge in [-0.1, -0.05) is 42.5 Å². The molecule has 1 aromatic heterocycles. The number of phenols is 2. The molecule has 5 rings (SSSR count). The van der Waals surface area contributed by atoms with E-state index < -0.39 is 23.4 Å². The molecule has 0 saturated carbocycles. The molecule has 0 fully saturated rings. The first-order valence-corrected chi connectivity index (χ1v) is 11.0. The predicted molar refractivity (Wildman–Crippen MR) is 127 cm³/mol. The number of hydrogen-bond donors (Lipinski definition) is 3. The molecular formula is C26H21F3N4O3. The Morgan fingerprint density at radius 2 is 1.61 bits per heavy atom. The summed E-state index contributed by atoms with van der Waals surface area (Å²) >= 11 is 0. The van der Waals surface area contributed by atoms with E-state index in [4.69, 9.17) is 0 Å². The number of hydrogen-bond acceptors (Lipinski definition) is 5. The number of carbonyl (C=O) groups is 1. The minimum atomic E-state index is -4.56. The first kappa shape index (κ1) is 23.3. The number of carbonyl (C=O) groups excluding carboxylic acids is 1. The molecule has 36 heavy (non-hydrogen) atoms. The minimum absolute atomic E-state index is 0.0696. The number of aryl methyl sites for hydroxylation is 1. The molecule has 10 heteroatoms. The van der Waals surface area contributed by atoms with E-state index in [-0.39, 0.29) is 34.1 Å². The third kappa shape index (κ3) is 4.21. The van der Waals surface area contributed by atoms with Gasteiger partial charge >= 0.3 is 6.18 Å². The van der Waals surface area contributed by atoms with Gasteiger partial charge in [0.15, 0.2) is 0 Å². The molecule has 0 aliphatic carbocycles. The van der Waals surface area contributed by atoms with Crippen molar-refractivity contribution in [1.29, 1.82) is 0 Å². The molecule has 4 aromatic rings. The van der Waals surface area contributed by atoms with Gasteiger partial charge in [0, 0.05) is 43.9 Å². The standard InChI is InChI=1S/C26H21F3N4O3/c1-32-23(12-20(31-32)18-8-4-5-9-19(18)26(27,28)29)30-21-10-17(34)11-22(35)24(21)25(36)33-13-15-6-2-3-7-16(15)14-33/h2-12,30,34-35H,13-14H2,1H3. The smallest absolute Gasteiger partial charge is 0.417 e. The van der Waals surface area contributed by atoms with Gasteiger partial charge in [0.1, 0.15) is 22.9 Å². The number of anilines is 2. The number of rotatable bonds is 4. The Morgan fingerprint density at radius 1 is 0.972 bits per heavy atom. The van der Waals surface area contributed by atoms with Crippen molar-refractivity contribution in [2.45, 2.75) is 19.3 Å². The Labute approximate surface area is 204 Å². The lowest BCUT2D eigenvalue weighted by atomic mass is 10.0. The molecule has 184 valence electrons.